The number of hydrogen-bond acceptors (Lipinski definition) is 3. The molecule has 0 radical (unpaired) electrons. The predicted octanol–water partition coefficient (Wildman–Crippen LogP) is 0.885. The minimum Gasteiger partial charge on any atom is -0.356 e. The molecule has 1 aliphatic carbocycles. The lowest BCUT2D eigenvalue weighted by molar-refractivity contribution is -0.124. The van der Waals surface area contributed by atoms with E-state index in [2.05, 4.69) is 29.6 Å². The second-order valence-electron chi connectivity index (χ2n) is 6.95. The lowest BCUT2D eigenvalue weighted by Crippen LogP contribution is -2.35. The van der Waals surface area contributed by atoms with Crippen LogP contribution in [-0.2, 0) is 11.8 Å². The molecule has 110 valence electrons. The van der Waals surface area contributed by atoms with E-state index in [1.54, 1.807) is 4.68 Å². The van der Waals surface area contributed by atoms with Gasteiger partial charge in [0.1, 0.15) is 0 Å². The summed E-state index contributed by atoms with van der Waals surface area (Å²) in [7, 11) is 1.91. The van der Waals surface area contributed by atoms with Gasteiger partial charge >= 0.3 is 0 Å². The Kier molecular flexibility index (Phi) is 3.32. The lowest BCUT2D eigenvalue weighted by atomic mass is 9.90. The standard InChI is InChI=1S/C15H24N4O/c1-15(2)4-11(15)6-17-14(20)13-8-16-7-12(13)10-5-18-19(3)9-10/h5,9,11-13,16H,4,6-8H2,1-3H3,(H,17,20)/t11?,12-,13+/m1/s1. The summed E-state index contributed by atoms with van der Waals surface area (Å²) in [6.45, 7) is 6.97. The molecule has 1 aromatic heterocycles. The first-order valence-corrected chi connectivity index (χ1v) is 7.44. The van der Waals surface area contributed by atoms with Gasteiger partial charge < -0.3 is 10.6 Å². The zero-order valence-corrected chi connectivity index (χ0v) is 12.5. The highest BCUT2D eigenvalue weighted by molar-refractivity contribution is 5.80. The summed E-state index contributed by atoms with van der Waals surface area (Å²) in [6.07, 6.45) is 5.12. The van der Waals surface area contributed by atoms with Crippen molar-refractivity contribution in [3.63, 3.8) is 0 Å². The molecular formula is C15H24N4O. The molecule has 1 unspecified atom stereocenters. The van der Waals surface area contributed by atoms with Gasteiger partial charge in [-0.25, -0.2) is 0 Å². The smallest absolute Gasteiger partial charge is 0.225 e. The zero-order valence-electron chi connectivity index (χ0n) is 12.5. The average molecular weight is 276 g/mol. The molecule has 1 saturated heterocycles. The Morgan fingerprint density at radius 2 is 2.30 bits per heavy atom. The molecule has 1 aliphatic heterocycles. The Hall–Kier alpha value is -1.36. The number of carbonyl (C=O) groups is 1. The van der Waals surface area contributed by atoms with Crippen molar-refractivity contribution in [3.8, 4) is 0 Å². The third-order valence-electron chi connectivity index (χ3n) is 4.94. The van der Waals surface area contributed by atoms with Gasteiger partial charge in [-0.1, -0.05) is 13.8 Å². The number of aromatic nitrogens is 2. The molecule has 5 heteroatoms. The number of rotatable bonds is 4. The van der Waals surface area contributed by atoms with Crippen LogP contribution < -0.4 is 10.6 Å². The monoisotopic (exact) mass is 276 g/mol. The van der Waals surface area contributed by atoms with E-state index >= 15 is 0 Å². The highest BCUT2D eigenvalue weighted by atomic mass is 16.1. The average Bonchev–Trinajstić information content (AvgIpc) is 2.79. The summed E-state index contributed by atoms with van der Waals surface area (Å²) in [5.41, 5.74) is 1.58. The number of aryl methyl sites for hydroxylation is 1. The number of nitrogens with zero attached hydrogens (tertiary/aromatic N) is 2. The van der Waals surface area contributed by atoms with Crippen molar-refractivity contribution in [3.05, 3.63) is 18.0 Å². The van der Waals surface area contributed by atoms with Crippen LogP contribution >= 0.6 is 0 Å². The van der Waals surface area contributed by atoms with E-state index in [0.717, 1.165) is 25.2 Å². The molecule has 2 heterocycles. The SMILES string of the molecule is Cn1cc([C@H]2CNC[C@@H]2C(=O)NCC2CC2(C)C)cn1. The highest BCUT2D eigenvalue weighted by Crippen LogP contribution is 2.51. The molecular weight excluding hydrogens is 252 g/mol. The molecule has 1 saturated carbocycles. The van der Waals surface area contributed by atoms with Crippen molar-refractivity contribution in [1.82, 2.24) is 20.4 Å². The Morgan fingerprint density at radius 3 is 2.90 bits per heavy atom. The van der Waals surface area contributed by atoms with Gasteiger partial charge in [0.15, 0.2) is 0 Å². The fraction of sp³-hybridized carbons (Fsp3) is 0.733. The number of amides is 1. The van der Waals surface area contributed by atoms with Crippen LogP contribution in [0.3, 0.4) is 0 Å². The van der Waals surface area contributed by atoms with Crippen molar-refractivity contribution < 1.29 is 4.79 Å². The largest absolute Gasteiger partial charge is 0.356 e. The minimum absolute atomic E-state index is 0.0288. The van der Waals surface area contributed by atoms with E-state index in [-0.39, 0.29) is 17.7 Å². The quantitative estimate of drug-likeness (QED) is 0.858. The molecule has 2 aliphatic rings. The predicted molar refractivity (Wildman–Crippen MR) is 77.2 cm³/mol. The van der Waals surface area contributed by atoms with Gasteiger partial charge in [-0.05, 0) is 23.3 Å². The van der Waals surface area contributed by atoms with Crippen LogP contribution in [0, 0.1) is 17.3 Å². The van der Waals surface area contributed by atoms with E-state index < -0.39 is 0 Å². The second-order valence-corrected chi connectivity index (χ2v) is 6.95. The molecule has 3 rings (SSSR count). The van der Waals surface area contributed by atoms with Crippen LogP contribution in [0.4, 0.5) is 0 Å². The second kappa shape index (κ2) is 4.88. The van der Waals surface area contributed by atoms with Crippen molar-refractivity contribution in [2.75, 3.05) is 19.6 Å². The molecule has 5 nitrogen and oxygen atoms in total. The maximum absolute atomic E-state index is 12.4. The van der Waals surface area contributed by atoms with Crippen molar-refractivity contribution in [1.29, 1.82) is 0 Å². The third kappa shape index (κ3) is 2.59. The van der Waals surface area contributed by atoms with Crippen LogP contribution in [0.25, 0.3) is 0 Å². The van der Waals surface area contributed by atoms with E-state index in [1.165, 1.54) is 6.42 Å². The van der Waals surface area contributed by atoms with Crippen LogP contribution in [0.15, 0.2) is 12.4 Å². The van der Waals surface area contributed by atoms with Crippen LogP contribution in [0.2, 0.25) is 0 Å². The highest BCUT2D eigenvalue weighted by Gasteiger charge is 2.45. The van der Waals surface area contributed by atoms with Crippen LogP contribution in [-0.4, -0.2) is 35.3 Å². The van der Waals surface area contributed by atoms with E-state index in [9.17, 15) is 4.79 Å². The maximum Gasteiger partial charge on any atom is 0.225 e. The first kappa shape index (κ1) is 13.6. The first-order valence-electron chi connectivity index (χ1n) is 7.44. The molecule has 3 atom stereocenters. The fourth-order valence-electron chi connectivity index (χ4n) is 3.22. The molecule has 2 fully saturated rings. The first-order chi connectivity index (χ1) is 9.47. The zero-order chi connectivity index (χ0) is 14.3. The van der Waals surface area contributed by atoms with Crippen molar-refractivity contribution >= 4 is 5.91 Å². The third-order valence-corrected chi connectivity index (χ3v) is 4.94. The van der Waals surface area contributed by atoms with Crippen LogP contribution in [0.5, 0.6) is 0 Å². The Bertz CT molecular complexity index is 508. The van der Waals surface area contributed by atoms with Gasteiger partial charge in [-0.2, -0.15) is 5.10 Å². The van der Waals surface area contributed by atoms with Crippen molar-refractivity contribution in [2.24, 2.45) is 24.3 Å². The summed E-state index contributed by atoms with van der Waals surface area (Å²) in [4.78, 5) is 12.4. The van der Waals surface area contributed by atoms with E-state index in [4.69, 9.17) is 0 Å². The van der Waals surface area contributed by atoms with Gasteiger partial charge in [0.05, 0.1) is 12.1 Å². The summed E-state index contributed by atoms with van der Waals surface area (Å²) in [5.74, 6) is 1.11. The summed E-state index contributed by atoms with van der Waals surface area (Å²) >= 11 is 0. The minimum atomic E-state index is 0.0288. The maximum atomic E-state index is 12.4. The Balaban J connectivity index is 1.59. The molecule has 1 amide bonds. The molecule has 1 aromatic rings. The van der Waals surface area contributed by atoms with E-state index in [0.29, 0.717) is 11.3 Å². The Morgan fingerprint density at radius 1 is 1.55 bits per heavy atom. The fourth-order valence-corrected chi connectivity index (χ4v) is 3.22. The number of nitrogens with one attached hydrogen (secondary N) is 2. The van der Waals surface area contributed by atoms with E-state index in [1.807, 2.05) is 19.4 Å². The number of hydrogen-bond donors (Lipinski definition) is 2. The van der Waals surface area contributed by atoms with Gasteiger partial charge in [0, 0.05) is 38.8 Å². The molecule has 0 aromatic carbocycles. The summed E-state index contributed by atoms with van der Waals surface area (Å²) < 4.78 is 1.80. The van der Waals surface area contributed by atoms with Crippen LogP contribution in [0.1, 0.15) is 31.7 Å². The summed E-state index contributed by atoms with van der Waals surface area (Å²) in [5, 5.41) is 10.7. The topological polar surface area (TPSA) is 59.0 Å². The molecule has 2 N–H and O–H groups in total. The summed E-state index contributed by atoms with van der Waals surface area (Å²) in [6, 6.07) is 0. The van der Waals surface area contributed by atoms with Gasteiger partial charge in [0.2, 0.25) is 5.91 Å². The van der Waals surface area contributed by atoms with Gasteiger partial charge in [0.25, 0.3) is 0 Å². The molecule has 0 spiro atoms. The van der Waals surface area contributed by atoms with Gasteiger partial charge in [-0.15, -0.1) is 0 Å². The lowest BCUT2D eigenvalue weighted by Gasteiger charge is -2.17. The molecule has 0 bridgehead atoms. The normalized spacial score (nSPS) is 31.2. The molecule has 20 heavy (non-hydrogen) atoms. The Labute approximate surface area is 120 Å². The van der Waals surface area contributed by atoms with Crippen molar-refractivity contribution in [2.45, 2.75) is 26.2 Å². The van der Waals surface area contributed by atoms with Gasteiger partial charge in [-0.3, -0.25) is 9.48 Å². The number of carbonyl (C=O) groups excluding carboxylic acids is 1.